The first-order valence-corrected chi connectivity index (χ1v) is 10.6. The lowest BCUT2D eigenvalue weighted by molar-refractivity contribution is 0.390. The van der Waals surface area contributed by atoms with Crippen molar-refractivity contribution in [3.8, 4) is 11.5 Å². The fourth-order valence-electron chi connectivity index (χ4n) is 2.62. The quantitative estimate of drug-likeness (QED) is 0.384. The van der Waals surface area contributed by atoms with Crippen molar-refractivity contribution in [2.75, 3.05) is 7.11 Å². The minimum absolute atomic E-state index is 0.00418. The molecule has 0 saturated carbocycles. The van der Waals surface area contributed by atoms with Crippen LogP contribution in [-0.4, -0.2) is 21.7 Å². The summed E-state index contributed by atoms with van der Waals surface area (Å²) in [5.41, 5.74) is 3.88. The maximum atomic E-state index is 12.5. The van der Waals surface area contributed by atoms with Gasteiger partial charge in [-0.1, -0.05) is 23.7 Å². The third-order valence-electron chi connectivity index (χ3n) is 4.42. The van der Waals surface area contributed by atoms with Gasteiger partial charge >= 0.3 is 10.1 Å². The zero-order chi connectivity index (χ0) is 21.0. The van der Waals surface area contributed by atoms with Gasteiger partial charge in [-0.15, -0.1) is 0 Å². The number of aliphatic imine (C=N–C) groups is 1. The highest BCUT2D eigenvalue weighted by molar-refractivity contribution is 7.87. The van der Waals surface area contributed by atoms with E-state index in [9.17, 15) is 8.42 Å². The maximum absolute atomic E-state index is 12.5. The molecule has 0 aliphatic heterocycles. The van der Waals surface area contributed by atoms with E-state index in [1.807, 2.05) is 32.0 Å². The van der Waals surface area contributed by atoms with Crippen molar-refractivity contribution >= 4 is 33.6 Å². The van der Waals surface area contributed by atoms with Gasteiger partial charge < -0.3 is 8.92 Å². The molecule has 3 rings (SSSR count). The Kier molecular flexibility index (Phi) is 6.25. The number of hydrogen-bond donors (Lipinski definition) is 0. The fraction of sp³-hybridized carbons (Fsp3) is 0.136. The molecule has 29 heavy (non-hydrogen) atoms. The lowest BCUT2D eigenvalue weighted by Crippen LogP contribution is -2.10. The highest BCUT2D eigenvalue weighted by atomic mass is 35.5. The van der Waals surface area contributed by atoms with E-state index in [0.29, 0.717) is 5.02 Å². The van der Waals surface area contributed by atoms with Crippen LogP contribution in [0.2, 0.25) is 5.02 Å². The number of benzene rings is 3. The number of aryl methyl sites for hydroxylation is 1. The molecule has 0 N–H and O–H groups in total. The highest BCUT2D eigenvalue weighted by Crippen LogP contribution is 2.31. The van der Waals surface area contributed by atoms with E-state index in [-0.39, 0.29) is 16.4 Å². The molecular formula is C22H20ClNO4S. The standard InChI is InChI=1S/C22H20ClNO4S/c1-15-5-4-6-20(16(15)2)24-14-17-7-12-21(22(13-17)27-3)28-29(25,26)19-10-8-18(23)9-11-19/h4-14H,1-3H3. The van der Waals surface area contributed by atoms with E-state index >= 15 is 0 Å². The molecule has 0 fully saturated rings. The molecule has 5 nitrogen and oxygen atoms in total. The van der Waals surface area contributed by atoms with Crippen LogP contribution in [0.1, 0.15) is 16.7 Å². The molecule has 0 aromatic heterocycles. The molecular weight excluding hydrogens is 410 g/mol. The molecule has 0 heterocycles. The van der Waals surface area contributed by atoms with Gasteiger partial charge in [-0.25, -0.2) is 0 Å². The van der Waals surface area contributed by atoms with Gasteiger partial charge in [0.15, 0.2) is 11.5 Å². The van der Waals surface area contributed by atoms with Crippen LogP contribution in [0.5, 0.6) is 11.5 Å². The second-order valence-corrected chi connectivity index (χ2v) is 8.36. The van der Waals surface area contributed by atoms with Gasteiger partial charge in [0.05, 0.1) is 12.8 Å². The van der Waals surface area contributed by atoms with Gasteiger partial charge in [-0.3, -0.25) is 4.99 Å². The van der Waals surface area contributed by atoms with E-state index in [1.54, 1.807) is 18.3 Å². The first-order chi connectivity index (χ1) is 13.8. The monoisotopic (exact) mass is 429 g/mol. The van der Waals surface area contributed by atoms with Crippen LogP contribution in [-0.2, 0) is 10.1 Å². The van der Waals surface area contributed by atoms with Gasteiger partial charge in [0.25, 0.3) is 0 Å². The van der Waals surface area contributed by atoms with Gasteiger partial charge in [0.2, 0.25) is 0 Å². The van der Waals surface area contributed by atoms with Crippen molar-refractivity contribution in [2.45, 2.75) is 18.7 Å². The maximum Gasteiger partial charge on any atom is 0.339 e. The van der Waals surface area contributed by atoms with E-state index in [0.717, 1.165) is 22.4 Å². The molecule has 0 bridgehead atoms. The summed E-state index contributed by atoms with van der Waals surface area (Å²) in [7, 11) is -2.57. The summed E-state index contributed by atoms with van der Waals surface area (Å²) in [6.45, 7) is 4.05. The summed E-state index contributed by atoms with van der Waals surface area (Å²) in [6.07, 6.45) is 1.70. The summed E-state index contributed by atoms with van der Waals surface area (Å²) in [5, 5.41) is 0.439. The number of ether oxygens (including phenoxy) is 1. The second-order valence-electron chi connectivity index (χ2n) is 6.38. The zero-order valence-electron chi connectivity index (χ0n) is 16.2. The van der Waals surface area contributed by atoms with E-state index < -0.39 is 10.1 Å². The number of halogens is 1. The molecule has 3 aromatic carbocycles. The van der Waals surface area contributed by atoms with Gasteiger partial charge in [0, 0.05) is 11.2 Å². The van der Waals surface area contributed by atoms with Crippen LogP contribution in [0.25, 0.3) is 0 Å². The Balaban J connectivity index is 1.86. The molecule has 0 aliphatic carbocycles. The van der Waals surface area contributed by atoms with Crippen LogP contribution in [0, 0.1) is 13.8 Å². The third kappa shape index (κ3) is 4.96. The molecule has 0 unspecified atom stereocenters. The Morgan fingerprint density at radius 1 is 0.966 bits per heavy atom. The van der Waals surface area contributed by atoms with Gasteiger partial charge in [-0.05, 0) is 79.1 Å². The Morgan fingerprint density at radius 2 is 1.69 bits per heavy atom. The van der Waals surface area contributed by atoms with Crippen molar-refractivity contribution in [2.24, 2.45) is 4.99 Å². The average Bonchev–Trinajstić information content (AvgIpc) is 2.70. The van der Waals surface area contributed by atoms with Crippen molar-refractivity contribution in [1.29, 1.82) is 0 Å². The smallest absolute Gasteiger partial charge is 0.339 e. The van der Waals surface area contributed by atoms with Gasteiger partial charge in [-0.2, -0.15) is 8.42 Å². The van der Waals surface area contributed by atoms with Crippen LogP contribution in [0.4, 0.5) is 5.69 Å². The van der Waals surface area contributed by atoms with Crippen LogP contribution >= 0.6 is 11.6 Å². The minimum atomic E-state index is -4.01. The second kappa shape index (κ2) is 8.68. The van der Waals surface area contributed by atoms with Crippen LogP contribution in [0.3, 0.4) is 0 Å². The topological polar surface area (TPSA) is 65.0 Å². The normalized spacial score (nSPS) is 11.6. The molecule has 150 valence electrons. The molecule has 0 atom stereocenters. The lowest BCUT2D eigenvalue weighted by Gasteiger charge is -2.11. The Bertz CT molecular complexity index is 1160. The third-order valence-corrected chi connectivity index (χ3v) is 5.92. The Labute approximate surface area is 175 Å². The minimum Gasteiger partial charge on any atom is -0.493 e. The van der Waals surface area contributed by atoms with Crippen LogP contribution < -0.4 is 8.92 Å². The lowest BCUT2D eigenvalue weighted by atomic mass is 10.1. The average molecular weight is 430 g/mol. The van der Waals surface area contributed by atoms with Crippen molar-refractivity contribution in [3.05, 3.63) is 82.4 Å². The summed E-state index contributed by atoms with van der Waals surface area (Å²) >= 11 is 5.81. The van der Waals surface area contributed by atoms with E-state index in [1.165, 1.54) is 37.4 Å². The Hall–Kier alpha value is -2.83. The summed E-state index contributed by atoms with van der Waals surface area (Å²) in [4.78, 5) is 4.52. The number of hydrogen-bond acceptors (Lipinski definition) is 5. The van der Waals surface area contributed by atoms with Crippen molar-refractivity contribution < 1.29 is 17.3 Å². The van der Waals surface area contributed by atoms with Crippen molar-refractivity contribution in [1.82, 2.24) is 0 Å². The van der Waals surface area contributed by atoms with Gasteiger partial charge in [0.1, 0.15) is 4.90 Å². The molecule has 0 saturated heterocycles. The van der Waals surface area contributed by atoms with Crippen molar-refractivity contribution in [3.63, 3.8) is 0 Å². The Morgan fingerprint density at radius 3 is 2.38 bits per heavy atom. The first-order valence-electron chi connectivity index (χ1n) is 8.78. The predicted octanol–water partition coefficient (Wildman–Crippen LogP) is 5.48. The first kappa shape index (κ1) is 20.9. The summed E-state index contributed by atoms with van der Waals surface area (Å²) in [5.74, 6) is 0.374. The zero-order valence-corrected chi connectivity index (χ0v) is 17.8. The number of rotatable bonds is 6. The predicted molar refractivity (Wildman–Crippen MR) is 115 cm³/mol. The molecule has 0 aliphatic rings. The molecule has 0 radical (unpaired) electrons. The summed E-state index contributed by atoms with van der Waals surface area (Å²) < 4.78 is 35.6. The number of methoxy groups -OCH3 is 1. The van der Waals surface area contributed by atoms with E-state index in [4.69, 9.17) is 20.5 Å². The largest absolute Gasteiger partial charge is 0.493 e. The summed E-state index contributed by atoms with van der Waals surface area (Å²) in [6, 6.07) is 16.6. The SMILES string of the molecule is COc1cc(C=Nc2cccc(C)c2C)ccc1OS(=O)(=O)c1ccc(Cl)cc1. The van der Waals surface area contributed by atoms with E-state index in [2.05, 4.69) is 4.99 Å². The molecule has 3 aromatic rings. The fourth-order valence-corrected chi connectivity index (χ4v) is 3.69. The number of nitrogens with zero attached hydrogens (tertiary/aromatic N) is 1. The molecule has 0 spiro atoms. The molecule has 0 amide bonds. The molecule has 7 heteroatoms. The highest BCUT2D eigenvalue weighted by Gasteiger charge is 2.19. The van der Waals surface area contributed by atoms with Crippen LogP contribution in [0.15, 0.2) is 70.6 Å².